The second kappa shape index (κ2) is 8.64. The lowest BCUT2D eigenvalue weighted by atomic mass is 10.2. The molecular formula is C18H11Cl2FN2O5S. The molecule has 0 saturated carbocycles. The zero-order valence-electron chi connectivity index (χ0n) is 14.6. The summed E-state index contributed by atoms with van der Waals surface area (Å²) in [6, 6.07) is 7.33. The second-order valence-electron chi connectivity index (χ2n) is 5.51. The highest BCUT2D eigenvalue weighted by Crippen LogP contribution is 2.36. The Kier molecular flexibility index (Phi) is 6.21. The van der Waals surface area contributed by atoms with Crippen molar-refractivity contribution < 1.29 is 23.6 Å². The molecular weight excluding hydrogens is 446 g/mol. The number of benzene rings is 2. The molecule has 1 amide bonds. The van der Waals surface area contributed by atoms with Gasteiger partial charge in [-0.2, -0.15) is 0 Å². The van der Waals surface area contributed by atoms with E-state index in [2.05, 4.69) is 5.32 Å². The third kappa shape index (κ3) is 4.58. The summed E-state index contributed by atoms with van der Waals surface area (Å²) in [7, 11) is 1.42. The van der Waals surface area contributed by atoms with Crippen LogP contribution in [-0.4, -0.2) is 17.9 Å². The third-order valence-corrected chi connectivity index (χ3v) is 5.17. The van der Waals surface area contributed by atoms with Gasteiger partial charge in [0.25, 0.3) is 11.6 Å². The molecule has 0 unspecified atom stereocenters. The van der Waals surface area contributed by atoms with Crippen molar-refractivity contribution in [3.8, 4) is 17.2 Å². The van der Waals surface area contributed by atoms with Crippen molar-refractivity contribution in [2.75, 3.05) is 12.4 Å². The number of hydrogen-bond acceptors (Lipinski definition) is 6. The Morgan fingerprint density at radius 1 is 1.14 bits per heavy atom. The average Bonchev–Trinajstić information content (AvgIpc) is 3.13. The van der Waals surface area contributed by atoms with Gasteiger partial charge in [0.15, 0.2) is 17.3 Å². The van der Waals surface area contributed by atoms with Crippen molar-refractivity contribution in [3.63, 3.8) is 0 Å². The molecule has 11 heteroatoms. The summed E-state index contributed by atoms with van der Waals surface area (Å²) in [5, 5.41) is 15.4. The van der Waals surface area contributed by atoms with Gasteiger partial charge >= 0.3 is 0 Å². The molecule has 0 fully saturated rings. The van der Waals surface area contributed by atoms with E-state index in [0.717, 1.165) is 29.5 Å². The van der Waals surface area contributed by atoms with E-state index in [4.69, 9.17) is 32.7 Å². The number of thiophene rings is 1. The van der Waals surface area contributed by atoms with Crippen molar-refractivity contribution in [2.24, 2.45) is 0 Å². The maximum Gasteiger partial charge on any atom is 0.272 e. The van der Waals surface area contributed by atoms with Gasteiger partial charge in [0, 0.05) is 12.1 Å². The number of rotatable bonds is 6. The van der Waals surface area contributed by atoms with Crippen molar-refractivity contribution >= 4 is 51.8 Å². The lowest BCUT2D eigenvalue weighted by Gasteiger charge is -2.11. The monoisotopic (exact) mass is 456 g/mol. The Balaban J connectivity index is 1.83. The summed E-state index contributed by atoms with van der Waals surface area (Å²) in [4.78, 5) is 22.8. The highest BCUT2D eigenvalue weighted by atomic mass is 35.5. The van der Waals surface area contributed by atoms with Gasteiger partial charge in [0.2, 0.25) is 0 Å². The molecule has 7 nitrogen and oxygen atoms in total. The quantitative estimate of drug-likeness (QED) is 0.354. The summed E-state index contributed by atoms with van der Waals surface area (Å²) in [5.41, 5.74) is -0.150. The number of nitro groups is 1. The summed E-state index contributed by atoms with van der Waals surface area (Å²) in [5.74, 6) is -1.33. The first-order chi connectivity index (χ1) is 13.8. The van der Waals surface area contributed by atoms with Crippen LogP contribution in [-0.2, 0) is 0 Å². The molecule has 3 rings (SSSR count). The fourth-order valence-electron chi connectivity index (χ4n) is 2.31. The van der Waals surface area contributed by atoms with E-state index in [9.17, 15) is 19.3 Å². The molecule has 2 aromatic carbocycles. The zero-order valence-corrected chi connectivity index (χ0v) is 16.9. The van der Waals surface area contributed by atoms with E-state index < -0.39 is 22.3 Å². The number of nitrogens with zero attached hydrogens (tertiary/aromatic N) is 1. The van der Waals surface area contributed by atoms with E-state index in [-0.39, 0.29) is 32.1 Å². The molecule has 1 heterocycles. The normalized spacial score (nSPS) is 10.5. The van der Waals surface area contributed by atoms with E-state index in [1.165, 1.54) is 25.3 Å². The number of carbonyl (C=O) groups is 1. The van der Waals surface area contributed by atoms with Gasteiger partial charge in [-0.05, 0) is 23.6 Å². The van der Waals surface area contributed by atoms with Crippen LogP contribution in [0.1, 0.15) is 9.67 Å². The molecule has 0 aliphatic carbocycles. The van der Waals surface area contributed by atoms with Crippen LogP contribution in [0.2, 0.25) is 10.0 Å². The van der Waals surface area contributed by atoms with Crippen molar-refractivity contribution in [1.82, 2.24) is 0 Å². The van der Waals surface area contributed by atoms with Gasteiger partial charge in [-0.3, -0.25) is 14.9 Å². The number of ether oxygens (including phenoxy) is 2. The van der Waals surface area contributed by atoms with E-state index in [1.54, 1.807) is 5.38 Å². The topological polar surface area (TPSA) is 90.7 Å². The minimum absolute atomic E-state index is 0.0808. The minimum atomic E-state index is -0.928. The number of nitro benzene ring substituents is 1. The van der Waals surface area contributed by atoms with Crippen LogP contribution in [0.5, 0.6) is 17.2 Å². The molecule has 1 N–H and O–H groups in total. The Hall–Kier alpha value is -2.88. The minimum Gasteiger partial charge on any atom is -0.495 e. The maximum absolute atomic E-state index is 14.1. The molecule has 3 aromatic rings. The first-order valence-corrected chi connectivity index (χ1v) is 9.47. The molecule has 29 heavy (non-hydrogen) atoms. The largest absolute Gasteiger partial charge is 0.495 e. The molecule has 0 spiro atoms. The number of halogens is 3. The predicted octanol–water partition coefficient (Wildman–Crippen LogP) is 6.16. The number of hydrogen-bond donors (Lipinski definition) is 1. The fourth-order valence-corrected chi connectivity index (χ4v) is 3.53. The summed E-state index contributed by atoms with van der Waals surface area (Å²) in [6.07, 6.45) is 0. The first-order valence-electron chi connectivity index (χ1n) is 7.84. The molecule has 0 radical (unpaired) electrons. The Morgan fingerprint density at radius 2 is 1.90 bits per heavy atom. The lowest BCUT2D eigenvalue weighted by molar-refractivity contribution is -0.385. The SMILES string of the molecule is COc1cc(NC(=O)c2sccc2Oc2ccc([N+](=O)[O-])cc2F)c(Cl)cc1Cl. The molecule has 1 aromatic heterocycles. The summed E-state index contributed by atoms with van der Waals surface area (Å²) >= 11 is 13.1. The van der Waals surface area contributed by atoms with Crippen molar-refractivity contribution in [2.45, 2.75) is 0 Å². The smallest absolute Gasteiger partial charge is 0.272 e. The van der Waals surface area contributed by atoms with Gasteiger partial charge in [0.05, 0.1) is 33.8 Å². The van der Waals surface area contributed by atoms with Gasteiger partial charge in [-0.1, -0.05) is 23.2 Å². The highest BCUT2D eigenvalue weighted by Gasteiger charge is 2.20. The molecule has 0 bridgehead atoms. The van der Waals surface area contributed by atoms with Crippen LogP contribution in [0.25, 0.3) is 0 Å². The lowest BCUT2D eigenvalue weighted by Crippen LogP contribution is -2.11. The number of non-ortho nitro benzene ring substituents is 1. The fraction of sp³-hybridized carbons (Fsp3) is 0.0556. The van der Waals surface area contributed by atoms with E-state index in [1.807, 2.05) is 0 Å². The Morgan fingerprint density at radius 3 is 2.55 bits per heavy atom. The van der Waals surface area contributed by atoms with Crippen LogP contribution in [0, 0.1) is 15.9 Å². The molecule has 150 valence electrons. The predicted molar refractivity (Wildman–Crippen MR) is 108 cm³/mol. The highest BCUT2D eigenvalue weighted by molar-refractivity contribution is 7.12. The maximum atomic E-state index is 14.1. The Labute approximate surface area is 177 Å². The van der Waals surface area contributed by atoms with Crippen molar-refractivity contribution in [1.29, 1.82) is 0 Å². The van der Waals surface area contributed by atoms with Crippen molar-refractivity contribution in [3.05, 3.63) is 72.6 Å². The molecule has 0 aliphatic heterocycles. The van der Waals surface area contributed by atoms with Crippen LogP contribution in [0.3, 0.4) is 0 Å². The zero-order chi connectivity index (χ0) is 21.1. The van der Waals surface area contributed by atoms with Crippen LogP contribution in [0.4, 0.5) is 15.8 Å². The number of methoxy groups -OCH3 is 1. The number of nitrogens with one attached hydrogen (secondary N) is 1. The van der Waals surface area contributed by atoms with Gasteiger partial charge in [-0.25, -0.2) is 4.39 Å². The van der Waals surface area contributed by atoms with E-state index in [0.29, 0.717) is 5.75 Å². The average molecular weight is 457 g/mol. The van der Waals surface area contributed by atoms with Crippen LogP contribution in [0.15, 0.2) is 41.8 Å². The van der Waals surface area contributed by atoms with Crippen LogP contribution < -0.4 is 14.8 Å². The molecule has 0 atom stereocenters. The Bertz CT molecular complexity index is 1110. The number of amides is 1. The molecule has 0 saturated heterocycles. The second-order valence-corrected chi connectivity index (χ2v) is 7.24. The summed E-state index contributed by atoms with van der Waals surface area (Å²) in [6.45, 7) is 0. The standard InChI is InChI=1S/C18H11Cl2FN2O5S/c1-27-16-8-13(10(19)7-11(16)20)22-18(24)17-15(4-5-29-17)28-14-3-2-9(23(25)26)6-12(14)21/h2-8H,1H3,(H,22,24). The van der Waals surface area contributed by atoms with Gasteiger partial charge in [0.1, 0.15) is 10.6 Å². The molecule has 0 aliphatic rings. The van der Waals surface area contributed by atoms with Gasteiger partial charge < -0.3 is 14.8 Å². The number of anilines is 1. The van der Waals surface area contributed by atoms with E-state index >= 15 is 0 Å². The van der Waals surface area contributed by atoms with Gasteiger partial charge in [-0.15, -0.1) is 11.3 Å². The third-order valence-electron chi connectivity index (χ3n) is 3.67. The van der Waals surface area contributed by atoms with Crippen LogP contribution >= 0.6 is 34.5 Å². The first kappa shape index (κ1) is 20.8. The summed E-state index contributed by atoms with van der Waals surface area (Å²) < 4.78 is 24.6. The number of carbonyl (C=O) groups excluding carboxylic acids is 1.